The lowest BCUT2D eigenvalue weighted by Crippen LogP contribution is -2.54. The number of carbonyl (C=O) groups is 2. The van der Waals surface area contributed by atoms with Crippen LogP contribution in [0, 0.1) is 0 Å². The van der Waals surface area contributed by atoms with Crippen molar-refractivity contribution in [3.8, 4) is 17.0 Å². The van der Waals surface area contributed by atoms with Crippen molar-refractivity contribution in [3.05, 3.63) is 78.1 Å². The zero-order chi connectivity index (χ0) is 33.5. The normalized spacial score (nSPS) is 21.7. The molecule has 49 heavy (non-hydrogen) atoms. The lowest BCUT2D eigenvalue weighted by molar-refractivity contribution is -0.120. The lowest BCUT2D eigenvalue weighted by Gasteiger charge is -2.42. The van der Waals surface area contributed by atoms with Gasteiger partial charge in [-0.15, -0.1) is 10.2 Å². The van der Waals surface area contributed by atoms with Gasteiger partial charge in [-0.3, -0.25) is 19.9 Å². The first kappa shape index (κ1) is 31.0. The van der Waals surface area contributed by atoms with Crippen LogP contribution in [0.25, 0.3) is 11.3 Å². The Bertz CT molecular complexity index is 1850. The van der Waals surface area contributed by atoms with Crippen LogP contribution >= 0.6 is 0 Å². The number of urea groups is 1. The number of amides is 3. The highest BCUT2D eigenvalue weighted by atomic mass is 16.3. The number of rotatable bonds is 7. The number of likely N-dealkylation sites (tertiary alicyclic amines) is 1. The number of fused-ring (bicyclic) bond motifs is 2. The number of carbonyl (C=O) groups excluding carboxylic acids is 2. The molecule has 2 bridgehead atoms. The van der Waals surface area contributed by atoms with E-state index in [0.717, 1.165) is 81.3 Å². The summed E-state index contributed by atoms with van der Waals surface area (Å²) in [5.74, 6) is 1.50. The van der Waals surface area contributed by atoms with E-state index in [4.69, 9.17) is 15.7 Å². The molecule has 4 aliphatic heterocycles. The van der Waals surface area contributed by atoms with Crippen LogP contribution in [0.4, 0.5) is 27.9 Å². The lowest BCUT2D eigenvalue weighted by atomic mass is 9.91. The number of nitrogen functional groups attached to an aromatic ring is 1. The number of benzene rings is 2. The summed E-state index contributed by atoms with van der Waals surface area (Å²) in [6.07, 6.45) is 8.48. The van der Waals surface area contributed by atoms with Crippen molar-refractivity contribution >= 4 is 35.1 Å². The van der Waals surface area contributed by atoms with Gasteiger partial charge in [-0.2, -0.15) is 0 Å². The molecule has 4 aliphatic rings. The van der Waals surface area contributed by atoms with Gasteiger partial charge in [-0.25, -0.2) is 14.8 Å². The predicted octanol–water partition coefficient (Wildman–Crippen LogP) is 3.90. The second-order valence-electron chi connectivity index (χ2n) is 13.5. The molecule has 2 aromatic heterocycles. The van der Waals surface area contributed by atoms with E-state index in [2.05, 4.69) is 36.3 Å². The minimum Gasteiger partial charge on any atom is -0.507 e. The molecule has 2 unspecified atom stereocenters. The van der Waals surface area contributed by atoms with Crippen LogP contribution in [0.2, 0.25) is 0 Å². The second-order valence-corrected chi connectivity index (χ2v) is 13.5. The van der Waals surface area contributed by atoms with E-state index < -0.39 is 0 Å². The highest BCUT2D eigenvalue weighted by Gasteiger charge is 2.42. The predicted molar refractivity (Wildman–Crippen MR) is 186 cm³/mol. The fraction of sp³-hybridized carbons (Fsp3) is 0.389. The van der Waals surface area contributed by atoms with E-state index >= 15 is 0 Å². The van der Waals surface area contributed by atoms with E-state index in [0.29, 0.717) is 36.0 Å². The maximum absolute atomic E-state index is 12.5. The van der Waals surface area contributed by atoms with Gasteiger partial charge < -0.3 is 20.6 Å². The van der Waals surface area contributed by atoms with E-state index in [1.54, 1.807) is 17.0 Å². The Morgan fingerprint density at radius 1 is 0.857 bits per heavy atom. The second kappa shape index (κ2) is 13.0. The molecule has 4 fully saturated rings. The Morgan fingerprint density at radius 3 is 2.31 bits per heavy atom. The summed E-state index contributed by atoms with van der Waals surface area (Å²) in [6.45, 7) is 4.59. The van der Waals surface area contributed by atoms with E-state index in [-0.39, 0.29) is 29.8 Å². The number of phenols is 1. The van der Waals surface area contributed by atoms with Crippen LogP contribution in [0.1, 0.15) is 49.1 Å². The van der Waals surface area contributed by atoms with Crippen molar-refractivity contribution in [2.45, 2.75) is 56.7 Å². The summed E-state index contributed by atoms with van der Waals surface area (Å²) in [7, 11) is 0. The Balaban J connectivity index is 0.895. The number of hydrogen-bond acceptors (Lipinski definition) is 11. The van der Waals surface area contributed by atoms with Gasteiger partial charge in [0.05, 0.1) is 11.4 Å². The Morgan fingerprint density at radius 2 is 1.57 bits per heavy atom. The Hall–Kier alpha value is -5.30. The third kappa shape index (κ3) is 6.10. The summed E-state index contributed by atoms with van der Waals surface area (Å²) >= 11 is 0. The average molecular weight is 661 g/mol. The number of aromatic nitrogens is 4. The Labute approximate surface area is 284 Å². The highest BCUT2D eigenvalue weighted by molar-refractivity contribution is 6.05. The number of nitrogens with one attached hydrogen (secondary N) is 1. The van der Waals surface area contributed by atoms with E-state index in [9.17, 15) is 14.7 Å². The Kier molecular flexibility index (Phi) is 8.20. The molecular formula is C36H40N10O3. The molecule has 6 heterocycles. The summed E-state index contributed by atoms with van der Waals surface area (Å²) in [6, 6.07) is 17.2. The van der Waals surface area contributed by atoms with Crippen LogP contribution in [-0.2, 0) is 11.3 Å². The van der Waals surface area contributed by atoms with Crippen LogP contribution in [0.15, 0.2) is 67.0 Å². The molecule has 4 aromatic rings. The molecule has 4 N–H and O–H groups in total. The van der Waals surface area contributed by atoms with Crippen molar-refractivity contribution in [1.82, 2.24) is 30.4 Å². The van der Waals surface area contributed by atoms with Gasteiger partial charge in [-0.1, -0.05) is 30.3 Å². The number of hydrogen-bond donors (Lipinski definition) is 3. The standard InChI is InChI=1S/C36H40N10O3/c37-34-31(17-29(41-42-34)28-6-2-4-8-32(28)47)44-21-26-9-10-27(22-44)46(26)35-38-18-25(19-39-35)23-11-14-43(15-12-23)20-24-5-1-3-7-30(24)45-16-13-33(48)40-36(45)49/h1-8,17-19,23,26-27,47H,9-16,20-22H2,(H2,37,42)(H,40,48,49). The van der Waals surface area contributed by atoms with Gasteiger partial charge in [-0.05, 0) is 80.1 Å². The number of anilines is 4. The SMILES string of the molecule is Nc1nnc(-c2ccccc2O)cc1N1CC2CCC(C1)N2c1ncc(C2CCN(Cc3ccccc3N3CCC(=O)NC3=O)CC2)cn1. The molecule has 0 radical (unpaired) electrons. The van der Waals surface area contributed by atoms with E-state index in [1.165, 1.54) is 5.56 Å². The number of piperazine rings is 1. The molecule has 2 atom stereocenters. The largest absolute Gasteiger partial charge is 0.507 e. The summed E-state index contributed by atoms with van der Waals surface area (Å²) in [5, 5.41) is 21.3. The van der Waals surface area contributed by atoms with Crippen LogP contribution in [-0.4, -0.2) is 86.9 Å². The molecule has 252 valence electrons. The molecule has 0 spiro atoms. The number of para-hydroxylation sites is 2. The molecule has 3 amide bonds. The average Bonchev–Trinajstić information content (AvgIpc) is 3.38. The molecular weight excluding hydrogens is 620 g/mol. The first-order chi connectivity index (χ1) is 23.9. The van der Waals surface area contributed by atoms with Crippen molar-refractivity contribution in [1.29, 1.82) is 0 Å². The quantitative estimate of drug-likeness (QED) is 0.264. The fourth-order valence-corrected chi connectivity index (χ4v) is 7.94. The van der Waals surface area contributed by atoms with E-state index in [1.807, 2.05) is 48.8 Å². The molecule has 4 saturated heterocycles. The summed E-state index contributed by atoms with van der Waals surface area (Å²) in [5.41, 5.74) is 11.5. The smallest absolute Gasteiger partial charge is 0.328 e. The minimum atomic E-state index is -0.351. The van der Waals surface area contributed by atoms with Gasteiger partial charge >= 0.3 is 6.03 Å². The minimum absolute atomic E-state index is 0.162. The third-order valence-electron chi connectivity index (χ3n) is 10.5. The number of nitrogens with two attached hydrogens (primary N) is 1. The zero-order valence-electron chi connectivity index (χ0n) is 27.3. The maximum Gasteiger partial charge on any atom is 0.328 e. The number of nitrogens with zero attached hydrogens (tertiary/aromatic N) is 8. The summed E-state index contributed by atoms with van der Waals surface area (Å²) in [4.78, 5) is 42.8. The van der Waals surface area contributed by atoms with Gasteiger partial charge in [0.2, 0.25) is 11.9 Å². The zero-order valence-corrected chi connectivity index (χ0v) is 27.3. The van der Waals surface area contributed by atoms with Gasteiger partial charge in [0, 0.05) is 68.3 Å². The molecule has 2 aromatic carbocycles. The van der Waals surface area contributed by atoms with Crippen molar-refractivity contribution in [2.24, 2.45) is 0 Å². The molecule has 8 rings (SSSR count). The number of phenolic OH excluding ortho intramolecular Hbond substituents is 1. The summed E-state index contributed by atoms with van der Waals surface area (Å²) < 4.78 is 0. The molecule has 13 heteroatoms. The first-order valence-corrected chi connectivity index (χ1v) is 17.1. The number of aromatic hydroxyl groups is 1. The maximum atomic E-state index is 12.5. The van der Waals surface area contributed by atoms with Gasteiger partial charge in [0.1, 0.15) is 5.75 Å². The number of piperidine rings is 1. The van der Waals surface area contributed by atoms with Gasteiger partial charge in [0.25, 0.3) is 0 Å². The third-order valence-corrected chi connectivity index (χ3v) is 10.5. The van der Waals surface area contributed by atoms with Crippen molar-refractivity contribution in [2.75, 3.05) is 53.2 Å². The first-order valence-electron chi connectivity index (χ1n) is 17.1. The van der Waals surface area contributed by atoms with Crippen LogP contribution in [0.3, 0.4) is 0 Å². The molecule has 0 saturated carbocycles. The highest BCUT2D eigenvalue weighted by Crippen LogP contribution is 2.38. The topological polar surface area (TPSA) is 157 Å². The van der Waals surface area contributed by atoms with Crippen molar-refractivity contribution in [3.63, 3.8) is 0 Å². The van der Waals surface area contributed by atoms with Crippen LogP contribution < -0.4 is 25.8 Å². The molecule has 0 aliphatic carbocycles. The van der Waals surface area contributed by atoms with Crippen LogP contribution in [0.5, 0.6) is 5.75 Å². The van der Waals surface area contributed by atoms with Gasteiger partial charge in [0.15, 0.2) is 5.82 Å². The fourth-order valence-electron chi connectivity index (χ4n) is 7.94. The monoisotopic (exact) mass is 660 g/mol. The van der Waals surface area contributed by atoms with Crippen molar-refractivity contribution < 1.29 is 14.7 Å². The number of imide groups is 1. The molecule has 13 nitrogen and oxygen atoms in total.